The minimum atomic E-state index is 0.303. The average molecular weight is 362 g/mol. The molecule has 0 bridgehead atoms. The molecular weight excluding hydrogens is 336 g/mol. The van der Waals surface area contributed by atoms with Gasteiger partial charge in [-0.15, -0.1) is 0 Å². The molecule has 0 radical (unpaired) electrons. The Kier molecular flexibility index (Phi) is 4.34. The summed E-state index contributed by atoms with van der Waals surface area (Å²) in [5.74, 6) is 0.763. The molecule has 140 valence electrons. The highest BCUT2D eigenvalue weighted by Gasteiger charge is 2.31. The Hall–Kier alpha value is -2.89. The number of H-pyrrole nitrogens is 1. The van der Waals surface area contributed by atoms with E-state index < -0.39 is 0 Å². The smallest absolute Gasteiger partial charge is 0.226 e. The van der Waals surface area contributed by atoms with E-state index in [0.29, 0.717) is 12.1 Å². The zero-order valence-corrected chi connectivity index (χ0v) is 16.4. The first-order valence-electron chi connectivity index (χ1n) is 9.41. The fourth-order valence-corrected chi connectivity index (χ4v) is 3.87. The molecule has 2 aromatic heterocycles. The van der Waals surface area contributed by atoms with Crippen molar-refractivity contribution in [3.05, 3.63) is 48.3 Å². The van der Waals surface area contributed by atoms with Crippen molar-refractivity contribution in [1.82, 2.24) is 25.1 Å². The first kappa shape index (κ1) is 17.5. The van der Waals surface area contributed by atoms with Gasteiger partial charge in [0.2, 0.25) is 5.95 Å². The van der Waals surface area contributed by atoms with E-state index in [1.807, 2.05) is 6.20 Å². The fourth-order valence-electron chi connectivity index (χ4n) is 3.87. The van der Waals surface area contributed by atoms with Crippen molar-refractivity contribution in [3.63, 3.8) is 0 Å². The molecule has 6 nitrogen and oxygen atoms in total. The highest BCUT2D eigenvalue weighted by Crippen LogP contribution is 2.28. The van der Waals surface area contributed by atoms with Gasteiger partial charge in [-0.25, -0.2) is 9.97 Å². The molecule has 0 saturated carbocycles. The van der Waals surface area contributed by atoms with Gasteiger partial charge in [-0.2, -0.15) is 5.10 Å². The standard InChI is InChI=1S/C21H26N6/c1-13(2)26-11-15(4)27(16(5)12-26)21-22-10-18-20(23-21)19(25-24-18)17-8-6-14(3)7-9-17/h6-10,15-16H,1,11-12H2,2-5H3,(H,24,25). The largest absolute Gasteiger partial charge is 0.371 e. The average Bonchev–Trinajstić information content (AvgIpc) is 3.05. The van der Waals surface area contributed by atoms with E-state index in [0.717, 1.165) is 47.0 Å². The first-order chi connectivity index (χ1) is 12.9. The van der Waals surface area contributed by atoms with Crippen LogP contribution >= 0.6 is 0 Å². The van der Waals surface area contributed by atoms with Crippen LogP contribution in [0, 0.1) is 6.92 Å². The number of benzene rings is 1. The van der Waals surface area contributed by atoms with Gasteiger partial charge in [0.15, 0.2) is 0 Å². The molecule has 0 aliphatic carbocycles. The van der Waals surface area contributed by atoms with E-state index in [-0.39, 0.29) is 0 Å². The monoisotopic (exact) mass is 362 g/mol. The second-order valence-corrected chi connectivity index (χ2v) is 7.62. The highest BCUT2D eigenvalue weighted by molar-refractivity contribution is 5.89. The predicted molar refractivity (Wildman–Crippen MR) is 110 cm³/mol. The van der Waals surface area contributed by atoms with Crippen molar-refractivity contribution in [2.45, 2.75) is 39.8 Å². The van der Waals surface area contributed by atoms with E-state index in [1.54, 1.807) is 0 Å². The number of aromatic amines is 1. The molecule has 0 amide bonds. The van der Waals surface area contributed by atoms with Gasteiger partial charge >= 0.3 is 0 Å². The number of aryl methyl sites for hydroxylation is 1. The molecule has 27 heavy (non-hydrogen) atoms. The Labute approximate surface area is 159 Å². The second kappa shape index (κ2) is 6.68. The van der Waals surface area contributed by atoms with Crippen LogP contribution in [0.25, 0.3) is 22.3 Å². The Balaban J connectivity index is 1.72. The van der Waals surface area contributed by atoms with Crippen LogP contribution in [0.2, 0.25) is 0 Å². The van der Waals surface area contributed by atoms with Gasteiger partial charge in [0.1, 0.15) is 16.7 Å². The van der Waals surface area contributed by atoms with Gasteiger partial charge in [0, 0.05) is 36.4 Å². The fraction of sp³-hybridized carbons (Fsp3) is 0.381. The van der Waals surface area contributed by atoms with Crippen LogP contribution < -0.4 is 4.90 Å². The lowest BCUT2D eigenvalue weighted by Crippen LogP contribution is -2.56. The third kappa shape index (κ3) is 3.16. The number of nitrogens with one attached hydrogen (secondary N) is 1. The summed E-state index contributed by atoms with van der Waals surface area (Å²) < 4.78 is 0. The number of hydrogen-bond acceptors (Lipinski definition) is 5. The van der Waals surface area contributed by atoms with Gasteiger partial charge in [-0.05, 0) is 27.7 Å². The first-order valence-corrected chi connectivity index (χ1v) is 9.41. The van der Waals surface area contributed by atoms with Crippen molar-refractivity contribution in [1.29, 1.82) is 0 Å². The van der Waals surface area contributed by atoms with E-state index in [9.17, 15) is 0 Å². The number of hydrogen-bond donors (Lipinski definition) is 1. The minimum Gasteiger partial charge on any atom is -0.371 e. The summed E-state index contributed by atoms with van der Waals surface area (Å²) in [6.07, 6.45) is 1.84. The van der Waals surface area contributed by atoms with Crippen molar-refractivity contribution in [2.24, 2.45) is 0 Å². The molecule has 1 aromatic carbocycles. The molecule has 3 aromatic rings. The zero-order valence-electron chi connectivity index (χ0n) is 16.4. The molecule has 2 unspecified atom stereocenters. The molecule has 1 aliphatic heterocycles. The molecule has 0 spiro atoms. The maximum Gasteiger partial charge on any atom is 0.226 e. The minimum absolute atomic E-state index is 0.303. The maximum atomic E-state index is 4.91. The van der Waals surface area contributed by atoms with Crippen LogP contribution in [0.1, 0.15) is 26.3 Å². The molecule has 2 atom stereocenters. The molecule has 6 heteroatoms. The number of rotatable bonds is 3. The molecule has 1 aliphatic rings. The van der Waals surface area contributed by atoms with Crippen LogP contribution in [-0.4, -0.2) is 50.2 Å². The summed E-state index contributed by atoms with van der Waals surface area (Å²) in [5, 5.41) is 7.55. The summed E-state index contributed by atoms with van der Waals surface area (Å²) in [5.41, 5.74) is 5.99. The molecule has 1 N–H and O–H groups in total. The van der Waals surface area contributed by atoms with E-state index in [2.05, 4.69) is 83.5 Å². The Morgan fingerprint density at radius 3 is 2.44 bits per heavy atom. The van der Waals surface area contributed by atoms with E-state index in [1.165, 1.54) is 5.56 Å². The molecule has 4 rings (SSSR count). The van der Waals surface area contributed by atoms with Crippen molar-refractivity contribution < 1.29 is 0 Å². The van der Waals surface area contributed by atoms with Crippen LogP contribution in [0.3, 0.4) is 0 Å². The quantitative estimate of drug-likeness (QED) is 0.769. The van der Waals surface area contributed by atoms with Gasteiger partial charge in [0.25, 0.3) is 0 Å². The van der Waals surface area contributed by atoms with Gasteiger partial charge in [-0.3, -0.25) is 5.10 Å². The van der Waals surface area contributed by atoms with Crippen molar-refractivity contribution >= 4 is 17.0 Å². The lowest BCUT2D eigenvalue weighted by Gasteiger charge is -2.45. The van der Waals surface area contributed by atoms with Crippen molar-refractivity contribution in [2.75, 3.05) is 18.0 Å². The van der Waals surface area contributed by atoms with Gasteiger partial charge < -0.3 is 9.80 Å². The Morgan fingerprint density at radius 1 is 1.15 bits per heavy atom. The van der Waals surface area contributed by atoms with Crippen LogP contribution in [0.4, 0.5) is 5.95 Å². The number of anilines is 1. The number of allylic oxidation sites excluding steroid dienone is 1. The summed E-state index contributed by atoms with van der Waals surface area (Å²) in [6.45, 7) is 14.5. The third-order valence-corrected chi connectivity index (χ3v) is 5.30. The summed E-state index contributed by atoms with van der Waals surface area (Å²) in [7, 11) is 0. The van der Waals surface area contributed by atoms with Crippen LogP contribution in [-0.2, 0) is 0 Å². The molecule has 1 saturated heterocycles. The lowest BCUT2D eigenvalue weighted by atomic mass is 10.1. The number of fused-ring (bicyclic) bond motifs is 1. The summed E-state index contributed by atoms with van der Waals surface area (Å²) >= 11 is 0. The summed E-state index contributed by atoms with van der Waals surface area (Å²) in [4.78, 5) is 14.2. The zero-order chi connectivity index (χ0) is 19.1. The number of piperazine rings is 1. The molecule has 3 heterocycles. The SMILES string of the molecule is C=C(C)N1CC(C)N(c2ncc3[nH]nc(-c4ccc(C)cc4)c3n2)C(C)C1. The van der Waals surface area contributed by atoms with Crippen LogP contribution in [0.5, 0.6) is 0 Å². The lowest BCUT2D eigenvalue weighted by molar-refractivity contribution is 0.247. The highest BCUT2D eigenvalue weighted by atomic mass is 15.4. The topological polar surface area (TPSA) is 60.9 Å². The molecular formula is C21H26N6. The Morgan fingerprint density at radius 2 is 1.81 bits per heavy atom. The normalized spacial score (nSPS) is 20.3. The maximum absolute atomic E-state index is 4.91. The molecule has 1 fully saturated rings. The number of nitrogens with zero attached hydrogens (tertiary/aromatic N) is 5. The predicted octanol–water partition coefficient (Wildman–Crippen LogP) is 3.76. The van der Waals surface area contributed by atoms with Crippen LogP contribution in [0.15, 0.2) is 42.7 Å². The van der Waals surface area contributed by atoms with Crippen molar-refractivity contribution in [3.8, 4) is 11.3 Å². The van der Waals surface area contributed by atoms with E-state index >= 15 is 0 Å². The summed E-state index contributed by atoms with van der Waals surface area (Å²) in [6, 6.07) is 8.97. The van der Waals surface area contributed by atoms with Gasteiger partial charge in [-0.1, -0.05) is 36.4 Å². The van der Waals surface area contributed by atoms with E-state index in [4.69, 9.17) is 4.98 Å². The third-order valence-electron chi connectivity index (χ3n) is 5.30. The number of aromatic nitrogens is 4. The van der Waals surface area contributed by atoms with Gasteiger partial charge in [0.05, 0.1) is 6.20 Å². The Bertz CT molecular complexity index is 962. The second-order valence-electron chi connectivity index (χ2n) is 7.62.